The fraction of sp³-hybridized carbons (Fsp3) is 0.200. The van der Waals surface area contributed by atoms with Gasteiger partial charge in [-0.2, -0.15) is 0 Å². The Kier molecular flexibility index (Phi) is 3.55. The Balaban J connectivity index is 1.86. The molecule has 0 aliphatic rings. The van der Waals surface area contributed by atoms with Gasteiger partial charge in [0.25, 0.3) is 5.91 Å². The number of hydrogen-bond donors (Lipinski definition) is 0. The summed E-state index contributed by atoms with van der Waals surface area (Å²) in [5.41, 5.74) is 3.03. The number of amides is 1. The minimum atomic E-state index is -0.0642. The quantitative estimate of drug-likeness (QED) is 0.730. The summed E-state index contributed by atoms with van der Waals surface area (Å²) in [7, 11) is 3.62. The standard InChI is InChI=1S/C15H14BrN3O2/c1-18(9-10-5-3-4-6-17-10)15(20)12-7-13-11(19(12)2)8-14(16)21-13/h3-8H,9H2,1-2H3. The molecule has 0 fully saturated rings. The van der Waals surface area contributed by atoms with E-state index in [1.54, 1.807) is 24.2 Å². The van der Waals surface area contributed by atoms with E-state index in [2.05, 4.69) is 20.9 Å². The van der Waals surface area contributed by atoms with Gasteiger partial charge in [0.1, 0.15) is 5.69 Å². The van der Waals surface area contributed by atoms with Crippen molar-refractivity contribution in [2.24, 2.45) is 7.05 Å². The second kappa shape index (κ2) is 5.37. The van der Waals surface area contributed by atoms with Gasteiger partial charge in [-0.3, -0.25) is 9.78 Å². The first kappa shape index (κ1) is 13.9. The first-order valence-electron chi connectivity index (χ1n) is 6.46. The van der Waals surface area contributed by atoms with E-state index in [1.807, 2.05) is 35.9 Å². The van der Waals surface area contributed by atoms with Gasteiger partial charge in [0, 0.05) is 32.4 Å². The number of furan rings is 1. The molecular weight excluding hydrogens is 334 g/mol. The molecule has 3 aromatic rings. The first-order valence-corrected chi connectivity index (χ1v) is 7.25. The molecule has 0 radical (unpaired) electrons. The van der Waals surface area contributed by atoms with Crippen LogP contribution < -0.4 is 0 Å². The lowest BCUT2D eigenvalue weighted by Gasteiger charge is -2.17. The molecule has 3 rings (SSSR count). The van der Waals surface area contributed by atoms with Gasteiger partial charge >= 0.3 is 0 Å². The third kappa shape index (κ3) is 2.58. The van der Waals surface area contributed by atoms with Crippen molar-refractivity contribution in [1.29, 1.82) is 0 Å². The number of halogens is 1. The lowest BCUT2D eigenvalue weighted by atomic mass is 10.3. The number of rotatable bonds is 3. The SMILES string of the molecule is CN(Cc1ccccn1)C(=O)c1cc2oc(Br)cc2n1C. The van der Waals surface area contributed by atoms with Gasteiger partial charge in [-0.1, -0.05) is 6.07 Å². The van der Waals surface area contributed by atoms with Crippen LogP contribution in [0.2, 0.25) is 0 Å². The molecule has 0 saturated heterocycles. The van der Waals surface area contributed by atoms with Crippen LogP contribution in [0.4, 0.5) is 0 Å². The van der Waals surface area contributed by atoms with E-state index in [0.717, 1.165) is 11.2 Å². The minimum Gasteiger partial charge on any atom is -0.448 e. The maximum absolute atomic E-state index is 12.5. The van der Waals surface area contributed by atoms with Crippen molar-refractivity contribution in [3.8, 4) is 0 Å². The average molecular weight is 348 g/mol. The highest BCUT2D eigenvalue weighted by Gasteiger charge is 2.19. The topological polar surface area (TPSA) is 51.3 Å². The van der Waals surface area contributed by atoms with Gasteiger partial charge in [-0.25, -0.2) is 0 Å². The summed E-state index contributed by atoms with van der Waals surface area (Å²) in [5, 5.41) is 0. The highest BCUT2D eigenvalue weighted by Crippen LogP contribution is 2.26. The van der Waals surface area contributed by atoms with Crippen LogP contribution in [0.25, 0.3) is 11.1 Å². The highest BCUT2D eigenvalue weighted by molar-refractivity contribution is 9.10. The number of fused-ring (bicyclic) bond motifs is 1. The molecule has 0 aromatic carbocycles. The van der Waals surface area contributed by atoms with Crippen molar-refractivity contribution in [1.82, 2.24) is 14.5 Å². The molecule has 0 N–H and O–H groups in total. The minimum absolute atomic E-state index is 0.0642. The lowest BCUT2D eigenvalue weighted by molar-refractivity contribution is 0.0774. The summed E-state index contributed by atoms with van der Waals surface area (Å²) in [6, 6.07) is 9.28. The van der Waals surface area contributed by atoms with E-state index in [-0.39, 0.29) is 5.91 Å². The molecule has 5 nitrogen and oxygen atoms in total. The van der Waals surface area contributed by atoms with Gasteiger partial charge in [0.05, 0.1) is 17.8 Å². The molecule has 0 unspecified atom stereocenters. The van der Waals surface area contributed by atoms with Crippen molar-refractivity contribution < 1.29 is 9.21 Å². The van der Waals surface area contributed by atoms with Crippen LogP contribution in [0.1, 0.15) is 16.2 Å². The fourth-order valence-corrected chi connectivity index (χ4v) is 2.68. The van der Waals surface area contributed by atoms with Gasteiger partial charge in [0.2, 0.25) is 0 Å². The van der Waals surface area contributed by atoms with Gasteiger partial charge in [-0.05, 0) is 28.1 Å². The number of carbonyl (C=O) groups is 1. The number of aryl methyl sites for hydroxylation is 1. The smallest absolute Gasteiger partial charge is 0.270 e. The predicted octanol–water partition coefficient (Wildman–Crippen LogP) is 3.20. The maximum Gasteiger partial charge on any atom is 0.270 e. The Labute approximate surface area is 130 Å². The van der Waals surface area contributed by atoms with E-state index in [1.165, 1.54) is 0 Å². The van der Waals surface area contributed by atoms with Crippen molar-refractivity contribution >= 4 is 32.9 Å². The molecule has 0 aliphatic carbocycles. The van der Waals surface area contributed by atoms with Gasteiger partial charge in [0.15, 0.2) is 10.3 Å². The van der Waals surface area contributed by atoms with Crippen LogP contribution in [0.3, 0.4) is 0 Å². The number of hydrogen-bond acceptors (Lipinski definition) is 3. The van der Waals surface area contributed by atoms with Crippen molar-refractivity contribution in [3.63, 3.8) is 0 Å². The Morgan fingerprint density at radius 2 is 2.24 bits per heavy atom. The molecule has 0 spiro atoms. The molecule has 6 heteroatoms. The lowest BCUT2D eigenvalue weighted by Crippen LogP contribution is -2.28. The number of pyridine rings is 1. The molecule has 1 amide bonds. The van der Waals surface area contributed by atoms with Crippen molar-refractivity contribution in [3.05, 3.63) is 52.6 Å². The predicted molar refractivity (Wildman–Crippen MR) is 82.9 cm³/mol. The van der Waals surface area contributed by atoms with Gasteiger partial charge < -0.3 is 13.9 Å². The van der Waals surface area contributed by atoms with E-state index < -0.39 is 0 Å². The number of nitrogens with zero attached hydrogens (tertiary/aromatic N) is 3. The highest BCUT2D eigenvalue weighted by atomic mass is 79.9. The molecule has 3 aromatic heterocycles. The normalized spacial score (nSPS) is 11.0. The average Bonchev–Trinajstić information content (AvgIpc) is 2.97. The Morgan fingerprint density at radius 3 is 2.90 bits per heavy atom. The molecule has 0 bridgehead atoms. The third-order valence-electron chi connectivity index (χ3n) is 3.39. The molecule has 0 aliphatic heterocycles. The molecular formula is C15H14BrN3O2. The van der Waals surface area contributed by atoms with E-state index in [9.17, 15) is 4.79 Å². The van der Waals surface area contributed by atoms with Crippen molar-refractivity contribution in [2.75, 3.05) is 7.05 Å². The Morgan fingerprint density at radius 1 is 1.43 bits per heavy atom. The van der Waals surface area contributed by atoms with Gasteiger partial charge in [-0.15, -0.1) is 0 Å². The summed E-state index contributed by atoms with van der Waals surface area (Å²) in [6.07, 6.45) is 1.72. The zero-order chi connectivity index (χ0) is 15.0. The zero-order valence-electron chi connectivity index (χ0n) is 11.7. The fourth-order valence-electron chi connectivity index (χ4n) is 2.29. The van der Waals surface area contributed by atoms with Crippen molar-refractivity contribution in [2.45, 2.75) is 6.54 Å². The van der Waals surface area contributed by atoms with Crippen LogP contribution in [0.5, 0.6) is 0 Å². The number of carbonyl (C=O) groups excluding carboxylic acids is 1. The monoisotopic (exact) mass is 347 g/mol. The zero-order valence-corrected chi connectivity index (χ0v) is 13.3. The van der Waals surface area contributed by atoms with Crippen LogP contribution in [0, 0.1) is 0 Å². The summed E-state index contributed by atoms with van der Waals surface area (Å²) in [5.74, 6) is -0.0642. The summed E-state index contributed by atoms with van der Waals surface area (Å²) in [4.78, 5) is 18.4. The summed E-state index contributed by atoms with van der Waals surface area (Å²) >= 11 is 3.29. The molecule has 108 valence electrons. The summed E-state index contributed by atoms with van der Waals surface area (Å²) < 4.78 is 7.98. The Hall–Kier alpha value is -2.08. The van der Waals surface area contributed by atoms with E-state index in [4.69, 9.17) is 4.42 Å². The maximum atomic E-state index is 12.5. The van der Waals surface area contributed by atoms with E-state index >= 15 is 0 Å². The molecule has 0 atom stereocenters. The van der Waals surface area contributed by atoms with Crippen LogP contribution >= 0.6 is 15.9 Å². The molecule has 0 saturated carbocycles. The molecule has 21 heavy (non-hydrogen) atoms. The Bertz CT molecular complexity index is 792. The first-order chi connectivity index (χ1) is 10.1. The summed E-state index contributed by atoms with van der Waals surface area (Å²) in [6.45, 7) is 0.468. The van der Waals surface area contributed by atoms with Crippen LogP contribution in [-0.2, 0) is 13.6 Å². The number of aromatic nitrogens is 2. The largest absolute Gasteiger partial charge is 0.448 e. The second-order valence-electron chi connectivity index (χ2n) is 4.87. The third-order valence-corrected chi connectivity index (χ3v) is 3.78. The van der Waals surface area contributed by atoms with Crippen LogP contribution in [-0.4, -0.2) is 27.4 Å². The molecule has 3 heterocycles. The van der Waals surface area contributed by atoms with Crippen LogP contribution in [0.15, 0.2) is 45.6 Å². The van der Waals surface area contributed by atoms with E-state index in [0.29, 0.717) is 22.5 Å². The second-order valence-corrected chi connectivity index (χ2v) is 5.65.